The lowest BCUT2D eigenvalue weighted by Gasteiger charge is -2.21. The quantitative estimate of drug-likeness (QED) is 0.783. The van der Waals surface area contributed by atoms with Crippen molar-refractivity contribution in [2.75, 3.05) is 19.6 Å². The van der Waals surface area contributed by atoms with Gasteiger partial charge < -0.3 is 15.1 Å². The predicted octanol–water partition coefficient (Wildman–Crippen LogP) is 0.782. The molecule has 2 aliphatic heterocycles. The van der Waals surface area contributed by atoms with Gasteiger partial charge in [0.25, 0.3) is 5.91 Å². The molecule has 1 atom stereocenters. The van der Waals surface area contributed by atoms with E-state index < -0.39 is 0 Å². The Morgan fingerprint density at radius 3 is 2.72 bits per heavy atom. The number of hydrogen-bond acceptors (Lipinski definition) is 5. The minimum atomic E-state index is -0.0962. The normalized spacial score (nSPS) is 18.1. The van der Waals surface area contributed by atoms with Crippen molar-refractivity contribution in [1.82, 2.24) is 25.1 Å². The first kappa shape index (κ1) is 19.0. The maximum Gasteiger partial charge on any atom is 0.254 e. The molecule has 150 valence electrons. The molecule has 3 heterocycles. The van der Waals surface area contributed by atoms with Gasteiger partial charge in [-0.15, -0.1) is 0 Å². The molecule has 0 bridgehead atoms. The molecule has 1 aromatic carbocycles. The summed E-state index contributed by atoms with van der Waals surface area (Å²) in [7, 11) is 0. The number of aromatic nitrogens is 2. The smallest absolute Gasteiger partial charge is 0.254 e. The number of carbonyl (C=O) groups is 3. The fraction of sp³-hybridized carbons (Fsp3) is 0.381. The molecule has 1 fully saturated rings. The number of fused-ring (bicyclic) bond motifs is 1. The van der Waals surface area contributed by atoms with E-state index in [0.29, 0.717) is 50.3 Å². The Hall–Kier alpha value is -3.29. The minimum absolute atomic E-state index is 0.0605. The van der Waals surface area contributed by atoms with Crippen LogP contribution in [-0.2, 0) is 22.6 Å². The molecule has 4 rings (SSSR count). The first-order valence-corrected chi connectivity index (χ1v) is 9.80. The topological polar surface area (TPSA) is 95.5 Å². The zero-order chi connectivity index (χ0) is 20.2. The average Bonchev–Trinajstić information content (AvgIpc) is 3.32. The number of aryl methyl sites for hydroxylation is 1. The fourth-order valence-corrected chi connectivity index (χ4v) is 3.79. The van der Waals surface area contributed by atoms with Gasteiger partial charge in [0.15, 0.2) is 0 Å². The second kappa shape index (κ2) is 8.38. The Bertz CT molecular complexity index is 918. The van der Waals surface area contributed by atoms with Gasteiger partial charge in [-0.3, -0.25) is 14.4 Å². The summed E-state index contributed by atoms with van der Waals surface area (Å²) in [6, 6.07) is 9.12. The van der Waals surface area contributed by atoms with Gasteiger partial charge in [0.1, 0.15) is 12.4 Å². The molecule has 1 saturated heterocycles. The number of likely N-dealkylation sites (tertiary alicyclic amines) is 1. The maximum absolute atomic E-state index is 12.6. The Morgan fingerprint density at radius 1 is 1.14 bits per heavy atom. The zero-order valence-corrected chi connectivity index (χ0v) is 16.1. The number of carbonyl (C=O) groups excluding carboxylic acids is 3. The number of nitrogens with one attached hydrogen (secondary N) is 1. The molecule has 0 spiro atoms. The van der Waals surface area contributed by atoms with Crippen molar-refractivity contribution in [2.45, 2.75) is 31.8 Å². The van der Waals surface area contributed by atoms with Crippen molar-refractivity contribution in [3.05, 3.63) is 59.7 Å². The van der Waals surface area contributed by atoms with Crippen LogP contribution in [-0.4, -0.2) is 63.2 Å². The molecule has 1 aromatic heterocycles. The minimum Gasteiger partial charge on any atom is -0.352 e. The molecule has 1 N–H and O–H groups in total. The third-order valence-corrected chi connectivity index (χ3v) is 5.32. The Labute approximate surface area is 168 Å². The van der Waals surface area contributed by atoms with Crippen LogP contribution in [0.3, 0.4) is 0 Å². The van der Waals surface area contributed by atoms with E-state index in [1.807, 2.05) is 18.2 Å². The summed E-state index contributed by atoms with van der Waals surface area (Å²) in [5.41, 5.74) is 1.63. The Morgan fingerprint density at radius 2 is 1.93 bits per heavy atom. The standard InChI is InChI=1S/C21H23N5O3/c27-19(7-6-18-22-9-3-10-23-18)24-16-8-11-25(13-16)20(28)14-26-12-15-4-1-2-5-17(15)21(26)29/h1-5,9-10,16H,6-8,11-14H2,(H,24,27)/t16-/m0/s1. The third-order valence-electron chi connectivity index (χ3n) is 5.32. The van der Waals surface area contributed by atoms with Crippen LogP contribution < -0.4 is 5.32 Å². The Kier molecular flexibility index (Phi) is 5.50. The molecule has 8 heteroatoms. The number of nitrogens with zero attached hydrogens (tertiary/aromatic N) is 4. The molecule has 0 saturated carbocycles. The lowest BCUT2D eigenvalue weighted by Crippen LogP contribution is -2.42. The van der Waals surface area contributed by atoms with Crippen molar-refractivity contribution in [2.24, 2.45) is 0 Å². The van der Waals surface area contributed by atoms with Gasteiger partial charge in [-0.1, -0.05) is 18.2 Å². The molecule has 29 heavy (non-hydrogen) atoms. The van der Waals surface area contributed by atoms with Crippen LogP contribution in [0.1, 0.15) is 34.6 Å². The lowest BCUT2D eigenvalue weighted by molar-refractivity contribution is -0.131. The molecular formula is C21H23N5O3. The zero-order valence-electron chi connectivity index (χ0n) is 16.1. The van der Waals surface area contributed by atoms with Gasteiger partial charge in [0, 0.05) is 56.5 Å². The van der Waals surface area contributed by atoms with Crippen molar-refractivity contribution in [1.29, 1.82) is 0 Å². The highest BCUT2D eigenvalue weighted by Crippen LogP contribution is 2.22. The van der Waals surface area contributed by atoms with Gasteiger partial charge in [0.2, 0.25) is 11.8 Å². The summed E-state index contributed by atoms with van der Waals surface area (Å²) >= 11 is 0. The summed E-state index contributed by atoms with van der Waals surface area (Å²) in [6.07, 6.45) is 4.83. The highest BCUT2D eigenvalue weighted by atomic mass is 16.2. The molecule has 2 aliphatic rings. The van der Waals surface area contributed by atoms with Gasteiger partial charge in [-0.2, -0.15) is 0 Å². The highest BCUT2D eigenvalue weighted by Gasteiger charge is 2.32. The number of amides is 3. The van der Waals surface area contributed by atoms with E-state index >= 15 is 0 Å². The van der Waals surface area contributed by atoms with E-state index in [2.05, 4.69) is 15.3 Å². The van der Waals surface area contributed by atoms with E-state index in [4.69, 9.17) is 0 Å². The van der Waals surface area contributed by atoms with Crippen LogP contribution in [0, 0.1) is 0 Å². The van der Waals surface area contributed by atoms with Crippen molar-refractivity contribution >= 4 is 17.7 Å². The third kappa shape index (κ3) is 4.42. The second-order valence-corrected chi connectivity index (χ2v) is 7.38. The number of benzene rings is 1. The van der Waals surface area contributed by atoms with Crippen LogP contribution in [0.5, 0.6) is 0 Å². The van der Waals surface area contributed by atoms with Gasteiger partial charge in [0.05, 0.1) is 0 Å². The molecule has 0 aliphatic carbocycles. The van der Waals surface area contributed by atoms with Crippen molar-refractivity contribution in [3.63, 3.8) is 0 Å². The van der Waals surface area contributed by atoms with Gasteiger partial charge >= 0.3 is 0 Å². The van der Waals surface area contributed by atoms with E-state index in [-0.39, 0.29) is 30.3 Å². The van der Waals surface area contributed by atoms with E-state index in [0.717, 1.165) is 5.56 Å². The van der Waals surface area contributed by atoms with Crippen LogP contribution in [0.2, 0.25) is 0 Å². The fourth-order valence-electron chi connectivity index (χ4n) is 3.79. The number of hydrogen-bond donors (Lipinski definition) is 1. The molecule has 0 radical (unpaired) electrons. The number of rotatable bonds is 6. The summed E-state index contributed by atoms with van der Waals surface area (Å²) < 4.78 is 0. The molecular weight excluding hydrogens is 370 g/mol. The van der Waals surface area contributed by atoms with Crippen LogP contribution >= 0.6 is 0 Å². The summed E-state index contributed by atoms with van der Waals surface area (Å²) in [4.78, 5) is 48.8. The maximum atomic E-state index is 12.6. The van der Waals surface area contributed by atoms with Crippen LogP contribution in [0.4, 0.5) is 0 Å². The summed E-state index contributed by atoms with van der Waals surface area (Å²) in [5.74, 6) is 0.394. The molecule has 2 aromatic rings. The van der Waals surface area contributed by atoms with E-state index in [1.54, 1.807) is 34.3 Å². The highest BCUT2D eigenvalue weighted by molar-refractivity contribution is 6.00. The summed E-state index contributed by atoms with van der Waals surface area (Å²) in [5, 5.41) is 2.98. The van der Waals surface area contributed by atoms with Gasteiger partial charge in [-0.25, -0.2) is 9.97 Å². The van der Waals surface area contributed by atoms with Crippen LogP contribution in [0.25, 0.3) is 0 Å². The average molecular weight is 393 g/mol. The lowest BCUT2D eigenvalue weighted by atomic mass is 10.1. The molecule has 0 unspecified atom stereocenters. The van der Waals surface area contributed by atoms with Crippen LogP contribution in [0.15, 0.2) is 42.7 Å². The first-order chi connectivity index (χ1) is 14.1. The summed E-state index contributed by atoms with van der Waals surface area (Å²) in [6.45, 7) is 1.60. The Balaban J connectivity index is 1.23. The van der Waals surface area contributed by atoms with Gasteiger partial charge in [-0.05, 0) is 24.1 Å². The van der Waals surface area contributed by atoms with E-state index in [9.17, 15) is 14.4 Å². The molecule has 3 amide bonds. The predicted molar refractivity (Wildman–Crippen MR) is 105 cm³/mol. The largest absolute Gasteiger partial charge is 0.352 e. The first-order valence-electron chi connectivity index (χ1n) is 9.80. The van der Waals surface area contributed by atoms with Crippen molar-refractivity contribution < 1.29 is 14.4 Å². The van der Waals surface area contributed by atoms with Crippen molar-refractivity contribution in [3.8, 4) is 0 Å². The molecule has 8 nitrogen and oxygen atoms in total. The monoisotopic (exact) mass is 393 g/mol. The SMILES string of the molecule is O=C(CCc1ncccn1)N[C@H]1CCN(C(=O)CN2Cc3ccccc3C2=O)C1. The van der Waals surface area contributed by atoms with E-state index in [1.165, 1.54) is 0 Å². The second-order valence-electron chi connectivity index (χ2n) is 7.38.